The zero-order chi connectivity index (χ0) is 30.2. The third kappa shape index (κ3) is 8.27. The van der Waals surface area contributed by atoms with Crippen molar-refractivity contribution in [3.8, 4) is 5.75 Å². The molecule has 0 spiro atoms. The third-order valence-corrected chi connectivity index (χ3v) is 7.51. The number of carboxylic acids is 1. The fourth-order valence-electron chi connectivity index (χ4n) is 3.70. The van der Waals surface area contributed by atoms with Gasteiger partial charge in [0.05, 0.1) is 11.9 Å². The Morgan fingerprint density at radius 2 is 1.73 bits per heavy atom. The molecule has 1 unspecified atom stereocenters. The van der Waals surface area contributed by atoms with Crippen LogP contribution in [0, 0.1) is 5.82 Å². The summed E-state index contributed by atoms with van der Waals surface area (Å²) < 4.78 is 45.0. The van der Waals surface area contributed by atoms with Gasteiger partial charge in [-0.1, -0.05) is 24.3 Å². The Morgan fingerprint density at radius 1 is 1.07 bits per heavy atom. The zero-order valence-electron chi connectivity index (χ0n) is 23.2. The minimum Gasteiger partial charge on any atom is -0.480 e. The molecule has 1 amide bonds. The molecule has 0 aliphatic carbocycles. The van der Waals surface area contributed by atoms with E-state index in [0.717, 1.165) is 6.07 Å². The molecular weight excluding hydrogens is 555 g/mol. The molecule has 3 aromatic rings. The summed E-state index contributed by atoms with van der Waals surface area (Å²) in [5.41, 5.74) is 0.752. The van der Waals surface area contributed by atoms with Crippen LogP contribution < -0.4 is 20.3 Å². The summed E-state index contributed by atoms with van der Waals surface area (Å²) in [6.07, 6.45) is 0.828. The maximum atomic E-state index is 14.2. The van der Waals surface area contributed by atoms with Crippen LogP contribution in [0.15, 0.2) is 59.6 Å². The summed E-state index contributed by atoms with van der Waals surface area (Å²) >= 11 is 0. The molecule has 3 rings (SSSR count). The van der Waals surface area contributed by atoms with Gasteiger partial charge in [0.25, 0.3) is 0 Å². The highest BCUT2D eigenvalue weighted by molar-refractivity contribution is 7.91. The fourth-order valence-corrected chi connectivity index (χ4v) is 4.86. The van der Waals surface area contributed by atoms with Crippen molar-refractivity contribution in [1.29, 1.82) is 0 Å². The van der Waals surface area contributed by atoms with Gasteiger partial charge in [-0.3, -0.25) is 0 Å². The van der Waals surface area contributed by atoms with Crippen LogP contribution >= 0.6 is 0 Å². The van der Waals surface area contributed by atoms with Gasteiger partial charge in [-0.05, 0) is 43.7 Å². The predicted octanol–water partition coefficient (Wildman–Crippen LogP) is 3.47. The Hall–Kier alpha value is -4.46. The maximum absolute atomic E-state index is 14.2. The van der Waals surface area contributed by atoms with Crippen molar-refractivity contribution in [2.75, 3.05) is 48.6 Å². The molecule has 1 atom stereocenters. The average molecular weight is 589 g/mol. The molecule has 0 aliphatic heterocycles. The smallest absolute Gasteiger partial charge is 0.414 e. The van der Waals surface area contributed by atoms with Crippen LogP contribution in [0.25, 0.3) is 0 Å². The van der Waals surface area contributed by atoms with Crippen LogP contribution in [-0.2, 0) is 21.1 Å². The first-order valence-corrected chi connectivity index (χ1v) is 14.4. The number of sulfone groups is 1. The highest BCUT2D eigenvalue weighted by Gasteiger charge is 2.24. The van der Waals surface area contributed by atoms with E-state index in [1.54, 1.807) is 38.4 Å². The highest BCUT2D eigenvalue weighted by atomic mass is 32.2. The van der Waals surface area contributed by atoms with E-state index in [1.807, 2.05) is 18.7 Å². The average Bonchev–Trinajstić information content (AvgIpc) is 2.94. The second kappa shape index (κ2) is 13.7. The Bertz CT molecular complexity index is 1470. The Balaban J connectivity index is 1.87. The largest absolute Gasteiger partial charge is 0.480 e. The highest BCUT2D eigenvalue weighted by Crippen LogP contribution is 2.25. The van der Waals surface area contributed by atoms with Crippen molar-refractivity contribution in [2.45, 2.75) is 31.2 Å². The molecule has 14 heteroatoms. The number of benzene rings is 2. The fraction of sp³-hybridized carbons (Fsp3) is 0.333. The van der Waals surface area contributed by atoms with Crippen LogP contribution in [-0.4, -0.2) is 79.6 Å². The number of carbonyl (C=O) groups excluding carboxylic acids is 1. The van der Waals surface area contributed by atoms with E-state index in [9.17, 15) is 27.5 Å². The van der Waals surface area contributed by atoms with Gasteiger partial charge < -0.3 is 30.3 Å². The minimum atomic E-state index is -4.09. The summed E-state index contributed by atoms with van der Waals surface area (Å²) in [4.78, 5) is 35.4. The van der Waals surface area contributed by atoms with Gasteiger partial charge in [0.1, 0.15) is 28.4 Å². The quantitative estimate of drug-likeness (QED) is 0.269. The lowest BCUT2D eigenvalue weighted by Crippen LogP contribution is -2.33. The number of hydrogen-bond donors (Lipinski definition) is 3. The number of nitrogens with one attached hydrogen (secondary N) is 2. The van der Waals surface area contributed by atoms with Gasteiger partial charge >= 0.3 is 12.1 Å². The van der Waals surface area contributed by atoms with E-state index in [2.05, 4.69) is 20.6 Å². The number of rotatable bonds is 13. The normalized spacial score (nSPS) is 11.8. The molecule has 2 aromatic carbocycles. The first-order valence-electron chi connectivity index (χ1n) is 12.8. The Labute approximate surface area is 238 Å². The van der Waals surface area contributed by atoms with Crippen molar-refractivity contribution in [2.24, 2.45) is 0 Å². The molecule has 41 heavy (non-hydrogen) atoms. The number of ether oxygens (including phenoxy) is 1. The summed E-state index contributed by atoms with van der Waals surface area (Å²) in [5.74, 6) is -2.06. The number of anilines is 3. The second-order valence-corrected chi connectivity index (χ2v) is 11.1. The monoisotopic (exact) mass is 588 g/mol. The van der Waals surface area contributed by atoms with E-state index >= 15 is 0 Å². The SMILES string of the molecule is CCN(CC)c1ncc(NCS(=O)(=O)c2ccccc2F)c(NC(Cc2ccc(OC(=O)N(C)C)cc2)C(=O)O)n1. The lowest BCUT2D eigenvalue weighted by Gasteiger charge is -2.22. The number of aliphatic carboxylic acids is 1. The molecule has 12 nitrogen and oxygen atoms in total. The summed E-state index contributed by atoms with van der Waals surface area (Å²) in [7, 11) is -0.983. The Kier molecular flexibility index (Phi) is 10.4. The zero-order valence-corrected chi connectivity index (χ0v) is 24.0. The van der Waals surface area contributed by atoms with E-state index in [1.165, 1.54) is 29.3 Å². The molecule has 0 aliphatic rings. The number of carboxylic acid groups (broad SMARTS) is 1. The predicted molar refractivity (Wildman–Crippen MR) is 153 cm³/mol. The maximum Gasteiger partial charge on any atom is 0.414 e. The number of carbonyl (C=O) groups is 2. The molecule has 0 saturated heterocycles. The van der Waals surface area contributed by atoms with E-state index in [4.69, 9.17) is 4.74 Å². The second-order valence-electron chi connectivity index (χ2n) is 9.12. The van der Waals surface area contributed by atoms with Crippen molar-refractivity contribution in [1.82, 2.24) is 14.9 Å². The molecule has 0 saturated carbocycles. The number of halogens is 1. The Morgan fingerprint density at radius 3 is 2.32 bits per heavy atom. The first-order chi connectivity index (χ1) is 19.4. The summed E-state index contributed by atoms with van der Waals surface area (Å²) in [6, 6.07) is 10.2. The van der Waals surface area contributed by atoms with Crippen LogP contribution in [0.3, 0.4) is 0 Å². The molecular formula is C27H33FN6O6S. The van der Waals surface area contributed by atoms with Crippen molar-refractivity contribution >= 4 is 39.4 Å². The lowest BCUT2D eigenvalue weighted by molar-refractivity contribution is -0.137. The van der Waals surface area contributed by atoms with Crippen LogP contribution in [0.4, 0.5) is 26.6 Å². The standard InChI is InChI=1S/C27H33FN6O6S/c1-5-34(6-2)26-29-16-22(30-17-41(38,39)23-10-8-7-9-20(23)28)24(32-26)31-21(25(35)36)15-18-11-13-19(14-12-18)40-27(37)33(3)4/h7-14,16,21,30H,5-6,15,17H2,1-4H3,(H,35,36)(H,29,31,32). The van der Waals surface area contributed by atoms with Gasteiger partial charge in [0, 0.05) is 33.6 Å². The van der Waals surface area contributed by atoms with Crippen LogP contribution in [0.1, 0.15) is 19.4 Å². The lowest BCUT2D eigenvalue weighted by atomic mass is 10.1. The van der Waals surface area contributed by atoms with Crippen molar-refractivity contribution < 1.29 is 32.2 Å². The topological polar surface area (TPSA) is 154 Å². The van der Waals surface area contributed by atoms with Crippen LogP contribution in [0.2, 0.25) is 0 Å². The molecule has 3 N–H and O–H groups in total. The van der Waals surface area contributed by atoms with Crippen molar-refractivity contribution in [3.63, 3.8) is 0 Å². The number of amides is 1. The molecule has 1 aromatic heterocycles. The number of aromatic nitrogens is 2. The van der Waals surface area contributed by atoms with Gasteiger partial charge in [0.15, 0.2) is 15.7 Å². The van der Waals surface area contributed by atoms with Crippen molar-refractivity contribution in [3.05, 3.63) is 66.1 Å². The van der Waals surface area contributed by atoms with Gasteiger partial charge in [-0.2, -0.15) is 4.98 Å². The van der Waals surface area contributed by atoms with Gasteiger partial charge in [-0.25, -0.2) is 27.4 Å². The number of nitrogens with zero attached hydrogens (tertiary/aromatic N) is 4. The number of hydrogen-bond acceptors (Lipinski definition) is 10. The van der Waals surface area contributed by atoms with Gasteiger partial charge in [-0.15, -0.1) is 0 Å². The third-order valence-electron chi connectivity index (χ3n) is 5.99. The summed E-state index contributed by atoms with van der Waals surface area (Å²) in [5, 5.41) is 15.6. The first kappa shape index (κ1) is 31.1. The molecule has 0 radical (unpaired) electrons. The summed E-state index contributed by atoms with van der Waals surface area (Å²) in [6.45, 7) is 4.98. The van der Waals surface area contributed by atoms with E-state index in [0.29, 0.717) is 30.4 Å². The molecule has 0 fully saturated rings. The molecule has 220 valence electrons. The molecule has 0 bridgehead atoms. The molecule has 1 heterocycles. The van der Waals surface area contributed by atoms with Gasteiger partial charge in [0.2, 0.25) is 5.95 Å². The van der Waals surface area contributed by atoms with E-state index in [-0.39, 0.29) is 17.9 Å². The van der Waals surface area contributed by atoms with E-state index < -0.39 is 44.5 Å². The van der Waals surface area contributed by atoms with Crippen LogP contribution in [0.5, 0.6) is 5.75 Å². The minimum absolute atomic E-state index is 0.0226.